The molecule has 3 rings (SSSR count). The van der Waals surface area contributed by atoms with E-state index in [1.54, 1.807) is 18.3 Å². The maximum Gasteiger partial charge on any atom is 0.406 e. The van der Waals surface area contributed by atoms with Gasteiger partial charge in [0.05, 0.1) is 19.2 Å². The summed E-state index contributed by atoms with van der Waals surface area (Å²) in [6, 6.07) is 10.6. The summed E-state index contributed by atoms with van der Waals surface area (Å²) in [6.07, 6.45) is -1.42. The predicted octanol–water partition coefficient (Wildman–Crippen LogP) is 3.90. The normalized spacial score (nSPS) is 11.8. The Labute approximate surface area is 142 Å². The Morgan fingerprint density at radius 1 is 1.20 bits per heavy atom. The van der Waals surface area contributed by atoms with Crippen molar-refractivity contribution in [3.8, 4) is 0 Å². The summed E-state index contributed by atoms with van der Waals surface area (Å²) in [6.45, 7) is -1.52. The maximum atomic E-state index is 12.9. The van der Waals surface area contributed by atoms with E-state index in [1.807, 2.05) is 35.9 Å². The number of carbonyl (C=O) groups is 1. The number of furan rings is 1. The third-order valence-corrected chi connectivity index (χ3v) is 3.97. The van der Waals surface area contributed by atoms with Gasteiger partial charge in [0.1, 0.15) is 12.3 Å². The number of alkyl halides is 3. The summed E-state index contributed by atoms with van der Waals surface area (Å²) >= 11 is 0. The smallest absolute Gasteiger partial charge is 0.406 e. The average molecular weight is 350 g/mol. The predicted molar refractivity (Wildman–Crippen MR) is 86.8 cm³/mol. The third kappa shape index (κ3) is 4.04. The van der Waals surface area contributed by atoms with Crippen LogP contribution in [0.3, 0.4) is 0 Å². The van der Waals surface area contributed by atoms with Gasteiger partial charge in [-0.15, -0.1) is 0 Å². The fourth-order valence-electron chi connectivity index (χ4n) is 2.88. The number of fused-ring (bicyclic) bond motifs is 1. The van der Waals surface area contributed by atoms with E-state index in [0.29, 0.717) is 11.3 Å². The first-order chi connectivity index (χ1) is 11.8. The Bertz CT molecular complexity index is 866. The molecule has 7 heteroatoms. The van der Waals surface area contributed by atoms with Gasteiger partial charge in [0, 0.05) is 24.1 Å². The number of amides is 1. The van der Waals surface area contributed by atoms with Crippen LogP contribution in [0.2, 0.25) is 0 Å². The van der Waals surface area contributed by atoms with Gasteiger partial charge in [0.2, 0.25) is 5.91 Å². The first kappa shape index (κ1) is 17.1. The van der Waals surface area contributed by atoms with Gasteiger partial charge in [0.15, 0.2) is 0 Å². The summed E-state index contributed by atoms with van der Waals surface area (Å²) in [5, 5.41) is 0.864. The lowest BCUT2D eigenvalue weighted by Gasteiger charge is -2.23. The molecule has 2 heterocycles. The molecular formula is C18H17F3N2O2. The van der Waals surface area contributed by atoms with E-state index in [2.05, 4.69) is 0 Å². The fraction of sp³-hybridized carbons (Fsp3) is 0.278. The zero-order chi connectivity index (χ0) is 18.0. The molecule has 0 radical (unpaired) electrons. The summed E-state index contributed by atoms with van der Waals surface area (Å²) in [7, 11) is 1.84. The third-order valence-electron chi connectivity index (χ3n) is 3.97. The molecule has 0 aliphatic heterocycles. The SMILES string of the molecule is Cn1cc(CC(=O)N(Cc2ccco2)CC(F)(F)F)c2ccccc21. The van der Waals surface area contributed by atoms with Crippen LogP contribution in [0, 0.1) is 0 Å². The number of benzene rings is 1. The van der Waals surface area contributed by atoms with Crippen molar-refractivity contribution in [2.24, 2.45) is 7.05 Å². The number of para-hydroxylation sites is 1. The van der Waals surface area contributed by atoms with Crippen molar-refractivity contribution < 1.29 is 22.4 Å². The van der Waals surface area contributed by atoms with Crippen LogP contribution in [-0.2, 0) is 24.8 Å². The number of nitrogens with zero attached hydrogens (tertiary/aromatic N) is 2. The number of rotatable bonds is 5. The van der Waals surface area contributed by atoms with Gasteiger partial charge in [-0.2, -0.15) is 13.2 Å². The minimum atomic E-state index is -4.47. The van der Waals surface area contributed by atoms with Gasteiger partial charge in [-0.25, -0.2) is 0 Å². The van der Waals surface area contributed by atoms with Crippen LogP contribution in [0.25, 0.3) is 10.9 Å². The molecule has 0 unspecified atom stereocenters. The molecular weight excluding hydrogens is 333 g/mol. The number of hydrogen-bond acceptors (Lipinski definition) is 2. The molecule has 0 bridgehead atoms. The highest BCUT2D eigenvalue weighted by atomic mass is 19.4. The minimum Gasteiger partial charge on any atom is -0.467 e. The van der Waals surface area contributed by atoms with Crippen molar-refractivity contribution in [2.45, 2.75) is 19.1 Å². The van der Waals surface area contributed by atoms with Crippen LogP contribution < -0.4 is 0 Å². The van der Waals surface area contributed by atoms with Gasteiger partial charge in [-0.05, 0) is 23.8 Å². The molecule has 0 N–H and O–H groups in total. The first-order valence-corrected chi connectivity index (χ1v) is 7.73. The molecule has 2 aromatic heterocycles. The molecule has 0 aliphatic rings. The van der Waals surface area contributed by atoms with Crippen LogP contribution in [-0.4, -0.2) is 28.1 Å². The lowest BCUT2D eigenvalue weighted by Crippen LogP contribution is -2.39. The van der Waals surface area contributed by atoms with Crippen molar-refractivity contribution >= 4 is 16.8 Å². The van der Waals surface area contributed by atoms with Gasteiger partial charge in [-0.3, -0.25) is 4.79 Å². The van der Waals surface area contributed by atoms with Gasteiger partial charge >= 0.3 is 6.18 Å². The monoisotopic (exact) mass is 350 g/mol. The Morgan fingerprint density at radius 2 is 1.96 bits per heavy atom. The van der Waals surface area contributed by atoms with E-state index in [1.165, 1.54) is 6.26 Å². The van der Waals surface area contributed by atoms with Gasteiger partial charge < -0.3 is 13.9 Å². The zero-order valence-corrected chi connectivity index (χ0v) is 13.6. The Morgan fingerprint density at radius 3 is 2.64 bits per heavy atom. The molecule has 0 spiro atoms. The second-order valence-corrected chi connectivity index (χ2v) is 5.90. The molecule has 3 aromatic rings. The van der Waals surface area contributed by atoms with Crippen LogP contribution >= 0.6 is 0 Å². The number of aryl methyl sites for hydroxylation is 1. The molecule has 0 saturated carbocycles. The summed E-state index contributed by atoms with van der Waals surface area (Å²) in [5.41, 5.74) is 1.63. The van der Waals surface area contributed by atoms with Gasteiger partial charge in [0.25, 0.3) is 0 Å². The second-order valence-electron chi connectivity index (χ2n) is 5.90. The summed E-state index contributed by atoms with van der Waals surface area (Å²) in [4.78, 5) is 13.3. The summed E-state index contributed by atoms with van der Waals surface area (Å²) in [5.74, 6) is -0.277. The number of carbonyl (C=O) groups excluding carboxylic acids is 1. The Hall–Kier alpha value is -2.70. The van der Waals surface area contributed by atoms with E-state index in [9.17, 15) is 18.0 Å². The van der Waals surface area contributed by atoms with Crippen LogP contribution in [0.4, 0.5) is 13.2 Å². The van der Waals surface area contributed by atoms with Crippen LogP contribution in [0.15, 0.2) is 53.3 Å². The quantitative estimate of drug-likeness (QED) is 0.700. The summed E-state index contributed by atoms with van der Waals surface area (Å²) < 4.78 is 45.5. The van der Waals surface area contributed by atoms with E-state index in [4.69, 9.17) is 4.42 Å². The van der Waals surface area contributed by atoms with Crippen molar-refractivity contribution in [3.05, 3.63) is 60.2 Å². The molecule has 0 fully saturated rings. The van der Waals surface area contributed by atoms with Crippen molar-refractivity contribution in [1.29, 1.82) is 0 Å². The fourth-order valence-corrected chi connectivity index (χ4v) is 2.88. The Kier molecular flexibility index (Phi) is 4.57. The molecule has 4 nitrogen and oxygen atoms in total. The highest BCUT2D eigenvalue weighted by Crippen LogP contribution is 2.23. The molecule has 1 amide bonds. The van der Waals surface area contributed by atoms with E-state index in [-0.39, 0.29) is 13.0 Å². The highest BCUT2D eigenvalue weighted by molar-refractivity contribution is 5.89. The van der Waals surface area contributed by atoms with E-state index >= 15 is 0 Å². The van der Waals surface area contributed by atoms with Crippen LogP contribution in [0.5, 0.6) is 0 Å². The minimum absolute atomic E-state index is 0.0991. The molecule has 0 aliphatic carbocycles. The van der Waals surface area contributed by atoms with Crippen LogP contribution in [0.1, 0.15) is 11.3 Å². The lowest BCUT2D eigenvalue weighted by atomic mass is 10.1. The molecule has 0 saturated heterocycles. The number of aromatic nitrogens is 1. The number of halogens is 3. The van der Waals surface area contributed by atoms with Crippen molar-refractivity contribution in [3.63, 3.8) is 0 Å². The highest BCUT2D eigenvalue weighted by Gasteiger charge is 2.33. The van der Waals surface area contributed by atoms with Crippen molar-refractivity contribution in [2.75, 3.05) is 6.54 Å². The molecule has 1 aromatic carbocycles. The topological polar surface area (TPSA) is 38.4 Å². The first-order valence-electron chi connectivity index (χ1n) is 7.73. The van der Waals surface area contributed by atoms with Gasteiger partial charge in [-0.1, -0.05) is 18.2 Å². The number of hydrogen-bond donors (Lipinski definition) is 0. The maximum absolute atomic E-state index is 12.9. The molecule has 132 valence electrons. The molecule has 0 atom stereocenters. The average Bonchev–Trinajstić information content (AvgIpc) is 3.15. The van der Waals surface area contributed by atoms with E-state index < -0.39 is 18.6 Å². The molecule has 25 heavy (non-hydrogen) atoms. The zero-order valence-electron chi connectivity index (χ0n) is 13.6. The van der Waals surface area contributed by atoms with Crippen molar-refractivity contribution in [1.82, 2.24) is 9.47 Å². The lowest BCUT2D eigenvalue weighted by molar-refractivity contribution is -0.162. The second kappa shape index (κ2) is 6.66. The van der Waals surface area contributed by atoms with E-state index in [0.717, 1.165) is 15.8 Å². The standard InChI is InChI=1S/C18H17F3N2O2/c1-22-10-13(15-6-2-3-7-16(15)22)9-17(24)23(12-18(19,20)21)11-14-5-4-8-25-14/h2-8,10H,9,11-12H2,1H3. The Balaban J connectivity index is 1.83. The largest absolute Gasteiger partial charge is 0.467 e.